The first-order chi connectivity index (χ1) is 9.02. The molecule has 1 heterocycles. The van der Waals surface area contributed by atoms with Crippen LogP contribution >= 0.6 is 11.6 Å². The number of nitrogens with zero attached hydrogens (tertiary/aromatic N) is 3. The summed E-state index contributed by atoms with van der Waals surface area (Å²) in [7, 11) is 1.74. The lowest BCUT2D eigenvalue weighted by atomic mass is 10.1. The van der Waals surface area contributed by atoms with E-state index in [1.807, 2.05) is 19.1 Å². The Bertz CT molecular complexity index is 622. The van der Waals surface area contributed by atoms with Gasteiger partial charge in [-0.2, -0.15) is 0 Å². The van der Waals surface area contributed by atoms with Crippen molar-refractivity contribution >= 4 is 17.6 Å². The van der Waals surface area contributed by atoms with Crippen molar-refractivity contribution in [1.82, 2.24) is 14.8 Å². The first-order valence-electron chi connectivity index (χ1n) is 5.87. The molecule has 2 aromatic rings. The monoisotopic (exact) mass is 279 g/mol. The molecule has 6 heteroatoms. The van der Waals surface area contributed by atoms with E-state index in [0.29, 0.717) is 17.5 Å². The average Bonchev–Trinajstić information content (AvgIpc) is 2.72. The van der Waals surface area contributed by atoms with Crippen molar-refractivity contribution in [3.8, 4) is 11.4 Å². The van der Waals surface area contributed by atoms with E-state index in [9.17, 15) is 4.79 Å². The van der Waals surface area contributed by atoms with Crippen LogP contribution in [-0.4, -0.2) is 27.3 Å². The minimum absolute atomic E-state index is 0.0636. The minimum Gasteiger partial charge on any atom is -0.460 e. The second kappa shape index (κ2) is 5.40. The number of esters is 1. The molecule has 0 unspecified atom stereocenters. The van der Waals surface area contributed by atoms with Gasteiger partial charge in [0.15, 0.2) is 5.82 Å². The zero-order chi connectivity index (χ0) is 14.0. The lowest BCUT2D eigenvalue weighted by molar-refractivity contribution is 0.0512. The Kier molecular flexibility index (Phi) is 3.85. The Morgan fingerprint density at radius 2 is 2.21 bits per heavy atom. The van der Waals surface area contributed by atoms with Crippen LogP contribution in [0.2, 0.25) is 5.02 Å². The van der Waals surface area contributed by atoms with Gasteiger partial charge in [-0.1, -0.05) is 11.6 Å². The molecule has 1 aromatic carbocycles. The SMILES string of the molecule is CCOC(=O)c1nc(-c2ccc(Cl)cc2C)n(C)n1. The molecule has 2 rings (SSSR count). The van der Waals surface area contributed by atoms with E-state index in [1.54, 1.807) is 24.7 Å². The molecule has 0 aliphatic heterocycles. The van der Waals surface area contributed by atoms with E-state index in [1.165, 1.54) is 0 Å². The predicted octanol–water partition coefficient (Wildman–Crippen LogP) is 2.62. The van der Waals surface area contributed by atoms with Crippen LogP contribution in [-0.2, 0) is 11.8 Å². The van der Waals surface area contributed by atoms with E-state index >= 15 is 0 Å². The molecule has 100 valence electrons. The van der Waals surface area contributed by atoms with Crippen LogP contribution in [0.3, 0.4) is 0 Å². The Labute approximate surface area is 116 Å². The molecular formula is C13H14ClN3O2. The van der Waals surface area contributed by atoms with Crippen LogP contribution in [0.5, 0.6) is 0 Å². The van der Waals surface area contributed by atoms with Crippen LogP contribution < -0.4 is 0 Å². The standard InChI is InChI=1S/C13H14ClN3O2/c1-4-19-13(18)11-15-12(17(3)16-11)10-6-5-9(14)7-8(10)2/h5-7H,4H2,1-3H3. The third-order valence-electron chi connectivity index (χ3n) is 2.65. The quantitative estimate of drug-likeness (QED) is 0.811. The van der Waals surface area contributed by atoms with Gasteiger partial charge >= 0.3 is 5.97 Å². The number of hydrogen-bond donors (Lipinski definition) is 0. The van der Waals surface area contributed by atoms with Gasteiger partial charge in [0.1, 0.15) is 0 Å². The van der Waals surface area contributed by atoms with Crippen LogP contribution in [0.15, 0.2) is 18.2 Å². The van der Waals surface area contributed by atoms with Gasteiger partial charge in [-0.05, 0) is 37.6 Å². The summed E-state index contributed by atoms with van der Waals surface area (Å²) in [6, 6.07) is 5.48. The maximum atomic E-state index is 11.6. The van der Waals surface area contributed by atoms with Gasteiger partial charge in [0, 0.05) is 17.6 Å². The number of hydrogen-bond acceptors (Lipinski definition) is 4. The van der Waals surface area contributed by atoms with Gasteiger partial charge in [0.05, 0.1) is 6.61 Å². The molecular weight excluding hydrogens is 266 g/mol. The van der Waals surface area contributed by atoms with Gasteiger partial charge in [-0.25, -0.2) is 14.5 Å². The highest BCUT2D eigenvalue weighted by atomic mass is 35.5. The molecule has 19 heavy (non-hydrogen) atoms. The predicted molar refractivity (Wildman–Crippen MR) is 72.1 cm³/mol. The zero-order valence-corrected chi connectivity index (χ0v) is 11.7. The van der Waals surface area contributed by atoms with Crippen molar-refractivity contribution in [2.45, 2.75) is 13.8 Å². The largest absolute Gasteiger partial charge is 0.460 e. The molecule has 0 fully saturated rings. The van der Waals surface area contributed by atoms with E-state index in [0.717, 1.165) is 11.1 Å². The van der Waals surface area contributed by atoms with Crippen molar-refractivity contribution in [1.29, 1.82) is 0 Å². The molecule has 0 amide bonds. The molecule has 0 aliphatic rings. The summed E-state index contributed by atoms with van der Waals surface area (Å²) in [5.41, 5.74) is 1.85. The third kappa shape index (κ3) is 2.76. The number of halogens is 1. The van der Waals surface area contributed by atoms with Crippen molar-refractivity contribution in [3.63, 3.8) is 0 Å². The normalized spacial score (nSPS) is 10.5. The highest BCUT2D eigenvalue weighted by Crippen LogP contribution is 2.24. The molecule has 0 N–H and O–H groups in total. The zero-order valence-electron chi connectivity index (χ0n) is 11.0. The van der Waals surface area contributed by atoms with Crippen LogP contribution in [0.4, 0.5) is 0 Å². The smallest absolute Gasteiger partial charge is 0.378 e. The second-order valence-electron chi connectivity index (χ2n) is 4.06. The summed E-state index contributed by atoms with van der Waals surface area (Å²) in [5.74, 6) is 0.155. The van der Waals surface area contributed by atoms with Crippen LogP contribution in [0.1, 0.15) is 23.1 Å². The van der Waals surface area contributed by atoms with Gasteiger partial charge in [0.2, 0.25) is 0 Å². The lowest BCUT2D eigenvalue weighted by Gasteiger charge is -2.04. The number of ether oxygens (including phenoxy) is 1. The fourth-order valence-electron chi connectivity index (χ4n) is 1.78. The molecule has 0 spiro atoms. The summed E-state index contributed by atoms with van der Waals surface area (Å²) in [6.07, 6.45) is 0. The maximum absolute atomic E-state index is 11.6. The number of carbonyl (C=O) groups is 1. The Hall–Kier alpha value is -1.88. The molecule has 0 saturated heterocycles. The molecule has 0 saturated carbocycles. The third-order valence-corrected chi connectivity index (χ3v) is 2.89. The van der Waals surface area contributed by atoms with Crippen molar-refractivity contribution in [3.05, 3.63) is 34.6 Å². The van der Waals surface area contributed by atoms with Crippen LogP contribution in [0.25, 0.3) is 11.4 Å². The highest BCUT2D eigenvalue weighted by molar-refractivity contribution is 6.30. The first kappa shape index (κ1) is 13.5. The minimum atomic E-state index is -0.518. The first-order valence-corrected chi connectivity index (χ1v) is 6.25. The molecule has 5 nitrogen and oxygen atoms in total. The molecule has 0 atom stereocenters. The average molecular weight is 280 g/mol. The molecule has 0 radical (unpaired) electrons. The van der Waals surface area contributed by atoms with Gasteiger partial charge < -0.3 is 4.74 Å². The van der Waals surface area contributed by atoms with E-state index in [-0.39, 0.29) is 5.82 Å². The summed E-state index contributed by atoms with van der Waals surface area (Å²) in [6.45, 7) is 3.97. The summed E-state index contributed by atoms with van der Waals surface area (Å²) < 4.78 is 6.44. The highest BCUT2D eigenvalue weighted by Gasteiger charge is 2.17. The topological polar surface area (TPSA) is 57.0 Å². The summed E-state index contributed by atoms with van der Waals surface area (Å²) in [4.78, 5) is 15.8. The summed E-state index contributed by atoms with van der Waals surface area (Å²) >= 11 is 5.92. The molecule has 0 aliphatic carbocycles. The number of aromatic nitrogens is 3. The van der Waals surface area contributed by atoms with Crippen LogP contribution in [0, 0.1) is 6.92 Å². The van der Waals surface area contributed by atoms with Crippen molar-refractivity contribution in [2.75, 3.05) is 6.61 Å². The van der Waals surface area contributed by atoms with Gasteiger partial charge in [0.25, 0.3) is 5.82 Å². The Morgan fingerprint density at radius 1 is 1.47 bits per heavy atom. The van der Waals surface area contributed by atoms with E-state index in [4.69, 9.17) is 16.3 Å². The fraction of sp³-hybridized carbons (Fsp3) is 0.308. The van der Waals surface area contributed by atoms with Crippen molar-refractivity contribution in [2.24, 2.45) is 7.05 Å². The number of rotatable bonds is 3. The Morgan fingerprint density at radius 3 is 2.84 bits per heavy atom. The molecule has 0 bridgehead atoms. The number of aryl methyl sites for hydroxylation is 2. The second-order valence-corrected chi connectivity index (χ2v) is 4.50. The molecule has 1 aromatic heterocycles. The maximum Gasteiger partial charge on any atom is 0.378 e. The van der Waals surface area contributed by atoms with E-state index in [2.05, 4.69) is 10.1 Å². The van der Waals surface area contributed by atoms with Gasteiger partial charge in [-0.3, -0.25) is 0 Å². The summed E-state index contributed by atoms with van der Waals surface area (Å²) in [5, 5.41) is 4.73. The van der Waals surface area contributed by atoms with E-state index < -0.39 is 5.97 Å². The number of benzene rings is 1. The fourth-order valence-corrected chi connectivity index (χ4v) is 2.01. The Balaban J connectivity index is 2.43. The van der Waals surface area contributed by atoms with Gasteiger partial charge in [-0.15, -0.1) is 5.10 Å². The number of carbonyl (C=O) groups excluding carboxylic acids is 1. The lowest BCUT2D eigenvalue weighted by Crippen LogP contribution is -2.07. The van der Waals surface area contributed by atoms with Crippen molar-refractivity contribution < 1.29 is 9.53 Å².